The number of aromatic nitrogens is 1. The van der Waals surface area contributed by atoms with Crippen LogP contribution in [0.15, 0.2) is 12.3 Å². The van der Waals surface area contributed by atoms with Crippen LogP contribution >= 0.6 is 0 Å². The molecule has 0 saturated heterocycles. The third kappa shape index (κ3) is 2.53. The number of carbonyl (C=O) groups excluding carboxylic acids is 1. The topological polar surface area (TPSA) is 94.5 Å². The van der Waals surface area contributed by atoms with Gasteiger partial charge in [-0.25, -0.2) is 9.59 Å². The third-order valence-electron chi connectivity index (χ3n) is 2.13. The Bertz CT molecular complexity index is 411. The molecule has 0 bridgehead atoms. The molecule has 0 saturated carbocycles. The van der Waals surface area contributed by atoms with Crippen molar-refractivity contribution in [3.63, 3.8) is 0 Å². The van der Waals surface area contributed by atoms with E-state index in [0.717, 1.165) is 0 Å². The van der Waals surface area contributed by atoms with Gasteiger partial charge in [0.1, 0.15) is 5.69 Å². The summed E-state index contributed by atoms with van der Waals surface area (Å²) in [6, 6.07) is 1.44. The normalized spacial score (nSPS) is 12.1. The highest BCUT2D eigenvalue weighted by molar-refractivity contribution is 5.90. The Morgan fingerprint density at radius 1 is 1.62 bits per heavy atom. The van der Waals surface area contributed by atoms with Crippen LogP contribution in [0.2, 0.25) is 0 Å². The van der Waals surface area contributed by atoms with Crippen LogP contribution in [0.5, 0.6) is 0 Å². The summed E-state index contributed by atoms with van der Waals surface area (Å²) in [5.41, 5.74) is 6.16. The number of carboxylic acids is 1. The van der Waals surface area contributed by atoms with E-state index in [4.69, 9.17) is 15.6 Å². The number of hydrogen-bond acceptors (Lipinski definition) is 4. The standard InChI is InChI=1S/C10H14N2O4/c1-3-8(9(13)14)16-10(15)7-4-6(11)5-12(7)2/h4-5,8H,3,11H2,1-2H3,(H,13,14). The van der Waals surface area contributed by atoms with E-state index in [0.29, 0.717) is 5.69 Å². The van der Waals surface area contributed by atoms with Crippen LogP contribution in [0.3, 0.4) is 0 Å². The maximum Gasteiger partial charge on any atom is 0.355 e. The van der Waals surface area contributed by atoms with Crippen molar-refractivity contribution in [3.8, 4) is 0 Å². The lowest BCUT2D eigenvalue weighted by Crippen LogP contribution is -2.27. The molecule has 3 N–H and O–H groups in total. The predicted octanol–water partition coefficient (Wildman–Crippen LogP) is 0.627. The molecule has 0 aliphatic heterocycles. The van der Waals surface area contributed by atoms with Crippen LogP contribution in [-0.4, -0.2) is 27.7 Å². The van der Waals surface area contributed by atoms with Gasteiger partial charge < -0.3 is 20.1 Å². The second-order valence-corrected chi connectivity index (χ2v) is 3.41. The summed E-state index contributed by atoms with van der Waals surface area (Å²) in [4.78, 5) is 22.3. The van der Waals surface area contributed by atoms with Crippen LogP contribution in [0.25, 0.3) is 0 Å². The molecule has 6 heteroatoms. The van der Waals surface area contributed by atoms with Crippen molar-refractivity contribution in [1.29, 1.82) is 0 Å². The van der Waals surface area contributed by atoms with Gasteiger partial charge in [-0.1, -0.05) is 6.92 Å². The largest absolute Gasteiger partial charge is 0.479 e. The van der Waals surface area contributed by atoms with Crippen LogP contribution in [-0.2, 0) is 16.6 Å². The monoisotopic (exact) mass is 226 g/mol. The van der Waals surface area contributed by atoms with Crippen molar-refractivity contribution in [2.24, 2.45) is 7.05 Å². The maximum atomic E-state index is 11.6. The number of nitrogen functional groups attached to an aromatic ring is 1. The molecule has 0 amide bonds. The average Bonchev–Trinajstić information content (AvgIpc) is 2.53. The first-order chi connectivity index (χ1) is 7.45. The molecule has 1 heterocycles. The van der Waals surface area contributed by atoms with Gasteiger partial charge in [0.25, 0.3) is 0 Å². The van der Waals surface area contributed by atoms with Crippen molar-refractivity contribution < 1.29 is 19.4 Å². The summed E-state index contributed by atoms with van der Waals surface area (Å²) in [7, 11) is 1.63. The summed E-state index contributed by atoms with van der Waals surface area (Å²) in [5.74, 6) is -1.84. The van der Waals surface area contributed by atoms with Crippen molar-refractivity contribution in [2.45, 2.75) is 19.4 Å². The summed E-state index contributed by atoms with van der Waals surface area (Å²) >= 11 is 0. The van der Waals surface area contributed by atoms with E-state index >= 15 is 0 Å². The number of esters is 1. The minimum Gasteiger partial charge on any atom is -0.479 e. The summed E-state index contributed by atoms with van der Waals surface area (Å²) < 4.78 is 6.32. The first kappa shape index (κ1) is 12.1. The number of aliphatic carboxylic acids is 1. The molecule has 1 unspecified atom stereocenters. The van der Waals surface area contributed by atoms with Crippen molar-refractivity contribution >= 4 is 17.6 Å². The molecule has 1 rings (SSSR count). The average molecular weight is 226 g/mol. The fraction of sp³-hybridized carbons (Fsp3) is 0.400. The molecular weight excluding hydrogens is 212 g/mol. The SMILES string of the molecule is CCC(OC(=O)c1cc(N)cn1C)C(=O)O. The lowest BCUT2D eigenvalue weighted by atomic mass is 10.3. The van der Waals surface area contributed by atoms with E-state index in [2.05, 4.69) is 0 Å². The highest BCUT2D eigenvalue weighted by atomic mass is 16.6. The molecule has 0 spiro atoms. The first-order valence-corrected chi connectivity index (χ1v) is 4.81. The third-order valence-corrected chi connectivity index (χ3v) is 2.13. The number of ether oxygens (including phenoxy) is 1. The van der Waals surface area contributed by atoms with Gasteiger partial charge in [-0.3, -0.25) is 0 Å². The summed E-state index contributed by atoms with van der Waals surface area (Å²) in [6.07, 6.45) is 0.655. The Balaban J connectivity index is 2.79. The molecular formula is C10H14N2O4. The van der Waals surface area contributed by atoms with Crippen molar-refractivity contribution in [3.05, 3.63) is 18.0 Å². The number of nitrogens with two attached hydrogens (primary N) is 1. The molecule has 1 atom stereocenters. The molecule has 0 radical (unpaired) electrons. The Hall–Kier alpha value is -1.98. The number of rotatable bonds is 4. The molecule has 0 fully saturated rings. The van der Waals surface area contributed by atoms with Gasteiger partial charge >= 0.3 is 11.9 Å². The van der Waals surface area contributed by atoms with E-state index in [1.165, 1.54) is 10.6 Å². The first-order valence-electron chi connectivity index (χ1n) is 4.81. The summed E-state index contributed by atoms with van der Waals surface area (Å²) in [5, 5.41) is 8.73. The van der Waals surface area contributed by atoms with Crippen LogP contribution < -0.4 is 5.73 Å². The van der Waals surface area contributed by atoms with E-state index in [9.17, 15) is 9.59 Å². The van der Waals surface area contributed by atoms with Gasteiger partial charge in [-0.2, -0.15) is 0 Å². The van der Waals surface area contributed by atoms with Crippen molar-refractivity contribution in [1.82, 2.24) is 4.57 Å². The number of carboxylic acid groups (broad SMARTS) is 1. The molecule has 0 aliphatic rings. The zero-order valence-corrected chi connectivity index (χ0v) is 9.14. The number of hydrogen-bond donors (Lipinski definition) is 2. The van der Waals surface area contributed by atoms with Gasteiger partial charge in [-0.15, -0.1) is 0 Å². The van der Waals surface area contributed by atoms with Crippen molar-refractivity contribution in [2.75, 3.05) is 5.73 Å². The highest BCUT2D eigenvalue weighted by Crippen LogP contribution is 2.12. The molecule has 0 aromatic carbocycles. The number of carbonyl (C=O) groups is 2. The molecule has 0 aliphatic carbocycles. The molecule has 1 aromatic heterocycles. The second kappa shape index (κ2) is 4.69. The molecule has 16 heavy (non-hydrogen) atoms. The predicted molar refractivity (Wildman–Crippen MR) is 57.0 cm³/mol. The zero-order valence-electron chi connectivity index (χ0n) is 9.14. The molecule has 1 aromatic rings. The number of anilines is 1. The van der Waals surface area contributed by atoms with E-state index in [1.807, 2.05) is 0 Å². The van der Waals surface area contributed by atoms with E-state index < -0.39 is 18.0 Å². The fourth-order valence-corrected chi connectivity index (χ4v) is 1.29. The van der Waals surface area contributed by atoms with Crippen LogP contribution in [0.1, 0.15) is 23.8 Å². The van der Waals surface area contributed by atoms with Gasteiger partial charge in [0.2, 0.25) is 0 Å². The highest BCUT2D eigenvalue weighted by Gasteiger charge is 2.22. The zero-order chi connectivity index (χ0) is 12.3. The minimum absolute atomic E-state index is 0.223. The smallest absolute Gasteiger partial charge is 0.355 e. The van der Waals surface area contributed by atoms with E-state index in [-0.39, 0.29) is 12.1 Å². The Labute approximate surface area is 92.6 Å². The molecule has 88 valence electrons. The maximum absolute atomic E-state index is 11.6. The molecule has 6 nitrogen and oxygen atoms in total. The van der Waals surface area contributed by atoms with E-state index in [1.54, 1.807) is 20.2 Å². The lowest BCUT2D eigenvalue weighted by Gasteiger charge is -2.11. The van der Waals surface area contributed by atoms with Gasteiger partial charge in [0.05, 0.1) is 5.69 Å². The van der Waals surface area contributed by atoms with Crippen LogP contribution in [0, 0.1) is 0 Å². The van der Waals surface area contributed by atoms with Gasteiger partial charge in [0, 0.05) is 13.2 Å². The fourth-order valence-electron chi connectivity index (χ4n) is 1.29. The Morgan fingerprint density at radius 3 is 2.62 bits per heavy atom. The van der Waals surface area contributed by atoms with Gasteiger partial charge in [-0.05, 0) is 12.5 Å². The second-order valence-electron chi connectivity index (χ2n) is 3.41. The minimum atomic E-state index is -1.15. The number of aryl methyl sites for hydroxylation is 1. The summed E-state index contributed by atoms with van der Waals surface area (Å²) in [6.45, 7) is 1.63. The Kier molecular flexibility index (Phi) is 3.55. The van der Waals surface area contributed by atoms with Crippen LogP contribution in [0.4, 0.5) is 5.69 Å². The van der Waals surface area contributed by atoms with Gasteiger partial charge in [0.15, 0.2) is 6.10 Å². The quantitative estimate of drug-likeness (QED) is 0.734. The lowest BCUT2D eigenvalue weighted by molar-refractivity contribution is -0.147. The number of nitrogens with zero attached hydrogens (tertiary/aromatic N) is 1. The Morgan fingerprint density at radius 2 is 2.25 bits per heavy atom.